The van der Waals surface area contributed by atoms with E-state index in [0.29, 0.717) is 0 Å². The summed E-state index contributed by atoms with van der Waals surface area (Å²) in [6.07, 6.45) is 1.99. The standard InChI is InChI=1S/C16H14O6S3/c1-24(17,18)21-13-6-3-11(4-7-13)15-9-12-5-8-14(10-16(12)23-15)22-25(2,19)20/h3-10H,1-2H3. The molecule has 0 aliphatic rings. The molecule has 132 valence electrons. The highest BCUT2D eigenvalue weighted by molar-refractivity contribution is 7.86. The van der Waals surface area contributed by atoms with E-state index in [-0.39, 0.29) is 11.5 Å². The molecule has 0 spiro atoms. The minimum absolute atomic E-state index is 0.246. The van der Waals surface area contributed by atoms with Crippen molar-refractivity contribution in [3.63, 3.8) is 0 Å². The zero-order valence-electron chi connectivity index (χ0n) is 13.3. The molecule has 0 saturated carbocycles. The van der Waals surface area contributed by atoms with Crippen molar-refractivity contribution in [1.29, 1.82) is 0 Å². The molecule has 0 aliphatic carbocycles. The average Bonchev–Trinajstić information content (AvgIpc) is 2.87. The van der Waals surface area contributed by atoms with Crippen molar-refractivity contribution >= 4 is 41.7 Å². The Bertz CT molecular complexity index is 1130. The molecule has 0 atom stereocenters. The van der Waals surface area contributed by atoms with Crippen molar-refractivity contribution in [2.45, 2.75) is 0 Å². The van der Waals surface area contributed by atoms with Crippen LogP contribution in [0.15, 0.2) is 48.5 Å². The normalized spacial score (nSPS) is 12.2. The Labute approximate surface area is 149 Å². The monoisotopic (exact) mass is 398 g/mol. The van der Waals surface area contributed by atoms with Gasteiger partial charge in [-0.15, -0.1) is 11.3 Å². The van der Waals surface area contributed by atoms with Crippen LogP contribution in [0, 0.1) is 0 Å². The van der Waals surface area contributed by atoms with E-state index in [1.807, 2.05) is 6.07 Å². The van der Waals surface area contributed by atoms with E-state index in [1.54, 1.807) is 42.5 Å². The second kappa shape index (κ2) is 6.32. The summed E-state index contributed by atoms with van der Waals surface area (Å²) in [4.78, 5) is 0.956. The molecule has 1 heterocycles. The average molecular weight is 398 g/mol. The van der Waals surface area contributed by atoms with E-state index in [1.165, 1.54) is 11.3 Å². The van der Waals surface area contributed by atoms with Gasteiger partial charge in [-0.25, -0.2) is 0 Å². The van der Waals surface area contributed by atoms with E-state index in [9.17, 15) is 16.8 Å². The molecule has 3 rings (SSSR count). The summed E-state index contributed by atoms with van der Waals surface area (Å²) in [7, 11) is -7.12. The predicted molar refractivity (Wildman–Crippen MR) is 98.2 cm³/mol. The van der Waals surface area contributed by atoms with Crippen LogP contribution in [0.2, 0.25) is 0 Å². The minimum atomic E-state index is -3.57. The largest absolute Gasteiger partial charge is 0.383 e. The van der Waals surface area contributed by atoms with Crippen LogP contribution in [0.5, 0.6) is 11.5 Å². The van der Waals surface area contributed by atoms with Gasteiger partial charge in [0.1, 0.15) is 11.5 Å². The van der Waals surface area contributed by atoms with E-state index in [2.05, 4.69) is 0 Å². The molecule has 0 fully saturated rings. The van der Waals surface area contributed by atoms with E-state index in [4.69, 9.17) is 8.37 Å². The van der Waals surface area contributed by atoms with Gasteiger partial charge in [-0.05, 0) is 59.5 Å². The van der Waals surface area contributed by atoms with Gasteiger partial charge in [-0.3, -0.25) is 0 Å². The number of benzene rings is 2. The smallest absolute Gasteiger partial charge is 0.306 e. The molecule has 0 unspecified atom stereocenters. The van der Waals surface area contributed by atoms with Gasteiger partial charge in [0, 0.05) is 9.58 Å². The van der Waals surface area contributed by atoms with Crippen LogP contribution in [0.4, 0.5) is 0 Å². The lowest BCUT2D eigenvalue weighted by Gasteiger charge is -2.03. The molecule has 0 radical (unpaired) electrons. The fourth-order valence-corrected chi connectivity index (χ4v) is 4.24. The Balaban J connectivity index is 1.91. The Morgan fingerprint density at radius 1 is 0.760 bits per heavy atom. The van der Waals surface area contributed by atoms with Gasteiger partial charge in [0.25, 0.3) is 0 Å². The van der Waals surface area contributed by atoms with Crippen molar-refractivity contribution in [3.8, 4) is 21.9 Å². The molecule has 0 bridgehead atoms. The molecule has 6 nitrogen and oxygen atoms in total. The zero-order chi connectivity index (χ0) is 18.2. The summed E-state index contributed by atoms with van der Waals surface area (Å²) < 4.78 is 55.3. The zero-order valence-corrected chi connectivity index (χ0v) is 15.7. The highest BCUT2D eigenvalue weighted by Gasteiger charge is 2.10. The first kappa shape index (κ1) is 17.7. The third-order valence-electron chi connectivity index (χ3n) is 3.13. The molecule has 0 N–H and O–H groups in total. The molecule has 2 aromatic carbocycles. The van der Waals surface area contributed by atoms with Crippen LogP contribution in [0.3, 0.4) is 0 Å². The van der Waals surface area contributed by atoms with Crippen molar-refractivity contribution in [1.82, 2.24) is 0 Å². The van der Waals surface area contributed by atoms with Gasteiger partial charge in [0.15, 0.2) is 0 Å². The second-order valence-electron chi connectivity index (χ2n) is 5.41. The maximum Gasteiger partial charge on any atom is 0.306 e. The molecule has 25 heavy (non-hydrogen) atoms. The topological polar surface area (TPSA) is 86.7 Å². The number of hydrogen-bond donors (Lipinski definition) is 0. The van der Waals surface area contributed by atoms with Gasteiger partial charge >= 0.3 is 20.2 Å². The molecule has 0 amide bonds. The van der Waals surface area contributed by atoms with Gasteiger partial charge in [-0.1, -0.05) is 0 Å². The number of rotatable bonds is 5. The van der Waals surface area contributed by atoms with Gasteiger partial charge in [0.05, 0.1) is 12.5 Å². The van der Waals surface area contributed by atoms with Crippen LogP contribution in [-0.2, 0) is 20.2 Å². The molecular formula is C16H14O6S3. The summed E-state index contributed by atoms with van der Waals surface area (Å²) >= 11 is 1.48. The summed E-state index contributed by atoms with van der Waals surface area (Å²) in [5.74, 6) is 0.511. The maximum absolute atomic E-state index is 11.2. The Morgan fingerprint density at radius 2 is 1.32 bits per heavy atom. The van der Waals surface area contributed by atoms with Crippen LogP contribution >= 0.6 is 11.3 Å². The predicted octanol–water partition coefficient (Wildman–Crippen LogP) is 3.25. The van der Waals surface area contributed by atoms with Gasteiger partial charge in [0.2, 0.25) is 0 Å². The van der Waals surface area contributed by atoms with Crippen molar-refractivity contribution in [3.05, 3.63) is 48.5 Å². The molecular weight excluding hydrogens is 384 g/mol. The first-order valence-corrected chi connectivity index (χ1v) is 11.5. The molecule has 9 heteroatoms. The lowest BCUT2D eigenvalue weighted by atomic mass is 10.1. The number of hydrogen-bond acceptors (Lipinski definition) is 7. The fourth-order valence-electron chi connectivity index (χ4n) is 2.23. The van der Waals surface area contributed by atoms with Crippen LogP contribution < -0.4 is 8.37 Å². The number of thiophene rings is 1. The first-order valence-electron chi connectivity index (χ1n) is 7.02. The summed E-state index contributed by atoms with van der Waals surface area (Å²) in [6.45, 7) is 0. The highest BCUT2D eigenvalue weighted by atomic mass is 32.2. The first-order chi connectivity index (χ1) is 11.6. The third-order valence-corrected chi connectivity index (χ3v) is 5.26. The van der Waals surface area contributed by atoms with Crippen molar-refractivity contribution < 1.29 is 25.2 Å². The van der Waals surface area contributed by atoms with Crippen LogP contribution in [-0.4, -0.2) is 29.3 Å². The van der Waals surface area contributed by atoms with Gasteiger partial charge < -0.3 is 8.37 Å². The molecule has 3 aromatic rings. The van der Waals surface area contributed by atoms with E-state index < -0.39 is 20.2 Å². The fraction of sp³-hybridized carbons (Fsp3) is 0.125. The van der Waals surface area contributed by atoms with Crippen molar-refractivity contribution in [2.75, 3.05) is 12.5 Å². The van der Waals surface area contributed by atoms with Gasteiger partial charge in [-0.2, -0.15) is 16.8 Å². The van der Waals surface area contributed by atoms with Crippen molar-refractivity contribution in [2.24, 2.45) is 0 Å². The number of fused-ring (bicyclic) bond motifs is 1. The third kappa shape index (κ3) is 4.71. The second-order valence-corrected chi connectivity index (χ2v) is 9.64. The SMILES string of the molecule is CS(=O)(=O)Oc1ccc(-c2cc3ccc(OS(C)(=O)=O)cc3s2)cc1. The molecule has 0 aliphatic heterocycles. The lowest BCUT2D eigenvalue weighted by molar-refractivity contribution is 0.491. The Morgan fingerprint density at radius 3 is 1.92 bits per heavy atom. The Kier molecular flexibility index (Phi) is 4.48. The van der Waals surface area contributed by atoms with E-state index >= 15 is 0 Å². The lowest BCUT2D eigenvalue weighted by Crippen LogP contribution is -2.05. The summed E-state index contributed by atoms with van der Waals surface area (Å²) in [5, 5.41) is 0.956. The summed E-state index contributed by atoms with van der Waals surface area (Å²) in [5.41, 5.74) is 0.896. The summed E-state index contributed by atoms with van der Waals surface area (Å²) in [6, 6.07) is 13.7. The quantitative estimate of drug-likeness (QED) is 0.613. The van der Waals surface area contributed by atoms with Crippen LogP contribution in [0.1, 0.15) is 0 Å². The molecule has 1 aromatic heterocycles. The Hall–Kier alpha value is -2.10. The van der Waals surface area contributed by atoms with Crippen LogP contribution in [0.25, 0.3) is 20.5 Å². The maximum atomic E-state index is 11.2. The molecule has 0 saturated heterocycles. The van der Waals surface area contributed by atoms with E-state index in [0.717, 1.165) is 33.0 Å². The minimum Gasteiger partial charge on any atom is -0.383 e. The highest BCUT2D eigenvalue weighted by Crippen LogP contribution is 2.36.